The van der Waals surface area contributed by atoms with Gasteiger partial charge in [-0.2, -0.15) is 8.42 Å². The van der Waals surface area contributed by atoms with Gasteiger partial charge in [0.15, 0.2) is 0 Å². The maximum atomic E-state index is 12.5. The van der Waals surface area contributed by atoms with E-state index in [4.69, 9.17) is 4.18 Å². The zero-order valence-electron chi connectivity index (χ0n) is 25.1. The monoisotopic (exact) mass is 548 g/mol. The van der Waals surface area contributed by atoms with Crippen molar-refractivity contribution in [2.45, 2.75) is 166 Å². The summed E-state index contributed by atoms with van der Waals surface area (Å²) in [7, 11) is -3.65. The molecule has 38 heavy (non-hydrogen) atoms. The molecule has 4 heteroatoms. The van der Waals surface area contributed by atoms with Gasteiger partial charge >= 0.3 is 0 Å². The van der Waals surface area contributed by atoms with Gasteiger partial charge in [0.25, 0.3) is 10.1 Å². The van der Waals surface area contributed by atoms with Crippen LogP contribution in [0.25, 0.3) is 0 Å². The predicted octanol–water partition coefficient (Wildman–Crippen LogP) is 11.1. The minimum atomic E-state index is -3.65. The predicted molar refractivity (Wildman–Crippen MR) is 165 cm³/mol. The average molecular weight is 549 g/mol. The van der Waals surface area contributed by atoms with E-state index in [0.717, 1.165) is 25.7 Å². The molecule has 0 heterocycles. The Bertz CT molecular complexity index is 767. The Balaban J connectivity index is 2.01. The molecule has 0 fully saturated rings. The highest BCUT2D eigenvalue weighted by Gasteiger charge is 2.14. The van der Waals surface area contributed by atoms with Gasteiger partial charge in [0.2, 0.25) is 0 Å². The summed E-state index contributed by atoms with van der Waals surface area (Å²) in [6.45, 7) is 4.80. The standard InChI is InChI=1S/C34H60O3S/c1-3-5-7-9-11-13-14-15-16-17-18-19-20-22-24-26-32-37-38(35,36)34-30-28-33(29-31-34)27-25-23-21-12-10-8-6-4-2/h15-16,28-31H,3-14,17-27,32H2,1-2H3/b16-15-. The molecule has 0 unspecified atom stereocenters. The van der Waals surface area contributed by atoms with Crippen LogP contribution in [0.1, 0.15) is 161 Å². The zero-order chi connectivity index (χ0) is 27.6. The van der Waals surface area contributed by atoms with Gasteiger partial charge < -0.3 is 0 Å². The summed E-state index contributed by atoms with van der Waals surface area (Å²) in [5.41, 5.74) is 1.21. The molecule has 3 nitrogen and oxygen atoms in total. The van der Waals surface area contributed by atoms with E-state index >= 15 is 0 Å². The van der Waals surface area contributed by atoms with Gasteiger partial charge in [0.05, 0.1) is 11.5 Å². The van der Waals surface area contributed by atoms with E-state index < -0.39 is 10.1 Å². The van der Waals surface area contributed by atoms with E-state index in [9.17, 15) is 8.42 Å². The molecule has 0 aliphatic heterocycles. The third-order valence-electron chi connectivity index (χ3n) is 7.43. The zero-order valence-corrected chi connectivity index (χ0v) is 25.9. The van der Waals surface area contributed by atoms with E-state index in [1.165, 1.54) is 128 Å². The molecule has 0 spiro atoms. The van der Waals surface area contributed by atoms with Gasteiger partial charge in [0.1, 0.15) is 0 Å². The lowest BCUT2D eigenvalue weighted by Crippen LogP contribution is -2.07. The fourth-order valence-corrected chi connectivity index (χ4v) is 5.81. The topological polar surface area (TPSA) is 43.4 Å². The number of rotatable bonds is 27. The average Bonchev–Trinajstić information content (AvgIpc) is 2.92. The lowest BCUT2D eigenvalue weighted by atomic mass is 10.0. The van der Waals surface area contributed by atoms with Crippen molar-refractivity contribution in [3.05, 3.63) is 42.0 Å². The lowest BCUT2D eigenvalue weighted by Gasteiger charge is -2.07. The molecule has 0 saturated carbocycles. The first kappa shape index (κ1) is 34.9. The molecule has 220 valence electrons. The van der Waals surface area contributed by atoms with Crippen molar-refractivity contribution < 1.29 is 12.6 Å². The second-order valence-electron chi connectivity index (χ2n) is 11.1. The molecule has 0 radical (unpaired) electrons. The summed E-state index contributed by atoms with van der Waals surface area (Å²) in [6.07, 6.45) is 33.5. The van der Waals surface area contributed by atoms with Crippen LogP contribution >= 0.6 is 0 Å². The van der Waals surface area contributed by atoms with E-state index in [1.54, 1.807) is 12.1 Å². The summed E-state index contributed by atoms with van der Waals surface area (Å²) >= 11 is 0. The van der Waals surface area contributed by atoms with Crippen molar-refractivity contribution in [2.75, 3.05) is 6.61 Å². The maximum absolute atomic E-state index is 12.5. The van der Waals surface area contributed by atoms with Crippen LogP contribution in [0.4, 0.5) is 0 Å². The second-order valence-corrected chi connectivity index (χ2v) is 12.7. The summed E-state index contributed by atoms with van der Waals surface area (Å²) in [4.78, 5) is 0.279. The quantitative estimate of drug-likeness (QED) is 0.0623. The van der Waals surface area contributed by atoms with E-state index in [-0.39, 0.29) is 11.5 Å². The number of hydrogen-bond donors (Lipinski definition) is 0. The number of allylic oxidation sites excluding steroid dienone is 2. The molecule has 0 aliphatic carbocycles. The van der Waals surface area contributed by atoms with Crippen LogP contribution in [0, 0.1) is 0 Å². The molecule has 0 atom stereocenters. The SMILES string of the molecule is CCCCCCCC/C=C\CCCCCCCCOS(=O)(=O)c1ccc(CCCCCCCCCC)cc1. The molecule has 0 bridgehead atoms. The van der Waals surface area contributed by atoms with E-state index in [0.29, 0.717) is 0 Å². The number of aryl methyl sites for hydroxylation is 1. The van der Waals surface area contributed by atoms with Gasteiger partial charge in [-0.1, -0.05) is 141 Å². The van der Waals surface area contributed by atoms with Gasteiger partial charge in [-0.15, -0.1) is 0 Å². The summed E-state index contributed by atoms with van der Waals surface area (Å²) in [6, 6.07) is 7.30. The Morgan fingerprint density at radius 3 is 1.47 bits per heavy atom. The first-order chi connectivity index (χ1) is 18.6. The van der Waals surface area contributed by atoms with Crippen LogP contribution in [0.2, 0.25) is 0 Å². The Hall–Kier alpha value is -1.13. The smallest absolute Gasteiger partial charge is 0.266 e. The van der Waals surface area contributed by atoms with Gasteiger partial charge in [-0.3, -0.25) is 4.18 Å². The highest BCUT2D eigenvalue weighted by atomic mass is 32.2. The number of benzene rings is 1. The molecular weight excluding hydrogens is 488 g/mol. The molecule has 1 aromatic rings. The lowest BCUT2D eigenvalue weighted by molar-refractivity contribution is 0.306. The number of unbranched alkanes of at least 4 members (excludes halogenated alkanes) is 19. The second kappa shape index (κ2) is 24.9. The largest absolute Gasteiger partial charge is 0.296 e. The van der Waals surface area contributed by atoms with Gasteiger partial charge in [-0.05, 0) is 62.6 Å². The number of hydrogen-bond acceptors (Lipinski definition) is 3. The van der Waals surface area contributed by atoms with Crippen LogP contribution in [0.5, 0.6) is 0 Å². The highest BCUT2D eigenvalue weighted by Crippen LogP contribution is 2.17. The third-order valence-corrected chi connectivity index (χ3v) is 8.75. The molecule has 0 aromatic heterocycles. The van der Waals surface area contributed by atoms with Crippen LogP contribution in [0.3, 0.4) is 0 Å². The molecular formula is C34H60O3S. The summed E-state index contributed by atoms with van der Waals surface area (Å²) < 4.78 is 30.3. The molecule has 0 aliphatic rings. The van der Waals surface area contributed by atoms with Crippen molar-refractivity contribution in [1.82, 2.24) is 0 Å². The maximum Gasteiger partial charge on any atom is 0.296 e. The van der Waals surface area contributed by atoms with Crippen molar-refractivity contribution in [2.24, 2.45) is 0 Å². The molecule has 0 N–H and O–H groups in total. The minimum absolute atomic E-state index is 0.279. The van der Waals surface area contributed by atoms with Crippen molar-refractivity contribution in [1.29, 1.82) is 0 Å². The molecule has 1 aromatic carbocycles. The first-order valence-electron chi connectivity index (χ1n) is 16.2. The van der Waals surface area contributed by atoms with Crippen LogP contribution < -0.4 is 0 Å². The van der Waals surface area contributed by atoms with E-state index in [2.05, 4.69) is 26.0 Å². The molecule has 0 saturated heterocycles. The van der Waals surface area contributed by atoms with Crippen LogP contribution in [-0.4, -0.2) is 15.0 Å². The van der Waals surface area contributed by atoms with Crippen molar-refractivity contribution >= 4 is 10.1 Å². The van der Waals surface area contributed by atoms with E-state index in [1.807, 2.05) is 12.1 Å². The normalized spacial score (nSPS) is 12.1. The van der Waals surface area contributed by atoms with Crippen LogP contribution in [-0.2, 0) is 20.7 Å². The first-order valence-corrected chi connectivity index (χ1v) is 17.6. The fourth-order valence-electron chi connectivity index (χ4n) is 4.87. The van der Waals surface area contributed by atoms with Crippen molar-refractivity contribution in [3.63, 3.8) is 0 Å². The Labute approximate surface area is 237 Å². The Kier molecular flexibility index (Phi) is 22.8. The molecule has 0 amide bonds. The van der Waals surface area contributed by atoms with Gasteiger partial charge in [0, 0.05) is 0 Å². The highest BCUT2D eigenvalue weighted by molar-refractivity contribution is 7.86. The fraction of sp³-hybridized carbons (Fsp3) is 0.765. The Morgan fingerprint density at radius 2 is 0.974 bits per heavy atom. The third kappa shape index (κ3) is 19.9. The Morgan fingerprint density at radius 1 is 0.553 bits per heavy atom. The van der Waals surface area contributed by atoms with Gasteiger partial charge in [-0.25, -0.2) is 0 Å². The van der Waals surface area contributed by atoms with Crippen LogP contribution in [0.15, 0.2) is 41.3 Å². The molecule has 1 rings (SSSR count). The summed E-state index contributed by atoms with van der Waals surface area (Å²) in [5.74, 6) is 0. The van der Waals surface area contributed by atoms with Crippen molar-refractivity contribution in [3.8, 4) is 0 Å². The minimum Gasteiger partial charge on any atom is -0.266 e. The summed E-state index contributed by atoms with van der Waals surface area (Å²) in [5, 5.41) is 0.